The van der Waals surface area contributed by atoms with E-state index in [2.05, 4.69) is 21.6 Å². The molecule has 0 aliphatic carbocycles. The van der Waals surface area contributed by atoms with Crippen molar-refractivity contribution in [3.63, 3.8) is 0 Å². The molecule has 0 saturated heterocycles. The lowest BCUT2D eigenvalue weighted by molar-refractivity contribution is -0.117. The van der Waals surface area contributed by atoms with Gasteiger partial charge in [-0.3, -0.25) is 4.79 Å². The molecule has 2 aromatic rings. The van der Waals surface area contributed by atoms with Crippen LogP contribution >= 0.6 is 11.8 Å². The SMILES string of the molecule is Cc1cc(C)cc(-n2nnnc2S[C@H](C)C(N)=O)c1. The molecule has 7 heteroatoms. The minimum absolute atomic E-state index is 0.379. The molecule has 2 N–H and O–H groups in total. The second-order valence-corrected chi connectivity index (χ2v) is 5.69. The van der Waals surface area contributed by atoms with Crippen molar-refractivity contribution in [1.82, 2.24) is 20.2 Å². The lowest BCUT2D eigenvalue weighted by Gasteiger charge is -2.08. The van der Waals surface area contributed by atoms with Gasteiger partial charge in [0.25, 0.3) is 0 Å². The molecule has 0 saturated carbocycles. The van der Waals surface area contributed by atoms with Crippen LogP contribution in [-0.2, 0) is 4.79 Å². The summed E-state index contributed by atoms with van der Waals surface area (Å²) in [6.07, 6.45) is 0. The summed E-state index contributed by atoms with van der Waals surface area (Å²) in [5.41, 5.74) is 8.39. The van der Waals surface area contributed by atoms with Gasteiger partial charge in [0.05, 0.1) is 10.9 Å². The quantitative estimate of drug-likeness (QED) is 0.850. The number of hydrogen-bond donors (Lipinski definition) is 1. The first-order chi connectivity index (χ1) is 8.97. The number of aromatic nitrogens is 4. The Morgan fingerprint density at radius 1 is 1.32 bits per heavy atom. The summed E-state index contributed by atoms with van der Waals surface area (Å²) in [4.78, 5) is 11.1. The van der Waals surface area contributed by atoms with Gasteiger partial charge in [0, 0.05) is 0 Å². The maximum absolute atomic E-state index is 11.1. The van der Waals surface area contributed by atoms with E-state index in [1.54, 1.807) is 11.6 Å². The molecule has 19 heavy (non-hydrogen) atoms. The zero-order valence-electron chi connectivity index (χ0n) is 11.0. The molecule has 2 rings (SSSR count). The van der Waals surface area contributed by atoms with Gasteiger partial charge < -0.3 is 5.73 Å². The molecule has 0 bridgehead atoms. The molecule has 0 radical (unpaired) electrons. The van der Waals surface area contributed by atoms with E-state index in [-0.39, 0.29) is 11.2 Å². The summed E-state index contributed by atoms with van der Waals surface area (Å²) < 4.78 is 1.62. The van der Waals surface area contributed by atoms with Gasteiger partial charge in [0.2, 0.25) is 11.1 Å². The van der Waals surface area contributed by atoms with Gasteiger partial charge in [-0.15, -0.1) is 5.10 Å². The minimum Gasteiger partial charge on any atom is -0.369 e. The standard InChI is InChI=1S/C12H15N5OS/c1-7-4-8(2)6-10(5-7)17-12(14-15-16-17)19-9(3)11(13)18/h4-6,9H,1-3H3,(H2,13,18)/t9-/m1/s1. The Morgan fingerprint density at radius 3 is 2.53 bits per heavy atom. The van der Waals surface area contributed by atoms with Crippen LogP contribution in [0, 0.1) is 13.8 Å². The smallest absolute Gasteiger partial charge is 0.230 e. The second kappa shape index (κ2) is 5.40. The Balaban J connectivity index is 2.36. The number of thioether (sulfide) groups is 1. The van der Waals surface area contributed by atoms with E-state index in [0.717, 1.165) is 16.8 Å². The zero-order valence-corrected chi connectivity index (χ0v) is 11.8. The first-order valence-corrected chi connectivity index (χ1v) is 6.68. The summed E-state index contributed by atoms with van der Waals surface area (Å²) in [5, 5.41) is 11.7. The van der Waals surface area contributed by atoms with Crippen LogP contribution in [0.1, 0.15) is 18.1 Å². The van der Waals surface area contributed by atoms with Crippen molar-refractivity contribution >= 4 is 17.7 Å². The Labute approximate surface area is 115 Å². The third kappa shape index (κ3) is 3.11. The average molecular weight is 277 g/mol. The van der Waals surface area contributed by atoms with Crippen molar-refractivity contribution in [1.29, 1.82) is 0 Å². The fraction of sp³-hybridized carbons (Fsp3) is 0.333. The van der Waals surface area contributed by atoms with E-state index < -0.39 is 0 Å². The van der Waals surface area contributed by atoms with E-state index in [0.29, 0.717) is 5.16 Å². The molecule has 1 atom stereocenters. The van der Waals surface area contributed by atoms with Gasteiger partial charge in [-0.05, 0) is 54.5 Å². The van der Waals surface area contributed by atoms with Crippen molar-refractivity contribution < 1.29 is 4.79 Å². The molecule has 0 aliphatic heterocycles. The monoisotopic (exact) mass is 277 g/mol. The predicted molar refractivity (Wildman–Crippen MR) is 73.1 cm³/mol. The van der Waals surface area contributed by atoms with Crippen LogP contribution in [-0.4, -0.2) is 31.4 Å². The number of hydrogen-bond acceptors (Lipinski definition) is 5. The van der Waals surface area contributed by atoms with Gasteiger partial charge >= 0.3 is 0 Å². The highest BCUT2D eigenvalue weighted by molar-refractivity contribution is 8.00. The van der Waals surface area contributed by atoms with Crippen LogP contribution < -0.4 is 5.73 Å². The summed E-state index contributed by atoms with van der Waals surface area (Å²) in [6, 6.07) is 6.05. The average Bonchev–Trinajstić information content (AvgIpc) is 2.75. The van der Waals surface area contributed by atoms with Crippen LogP contribution in [0.5, 0.6) is 0 Å². The number of carbonyl (C=O) groups is 1. The summed E-state index contributed by atoms with van der Waals surface area (Å²) in [7, 11) is 0. The molecular weight excluding hydrogens is 262 g/mol. The lowest BCUT2D eigenvalue weighted by atomic mass is 10.1. The van der Waals surface area contributed by atoms with Gasteiger partial charge in [-0.25, -0.2) is 0 Å². The number of tetrazole rings is 1. The third-order valence-electron chi connectivity index (χ3n) is 2.57. The molecule has 1 amide bonds. The Kier molecular flexibility index (Phi) is 3.84. The summed E-state index contributed by atoms with van der Waals surface area (Å²) >= 11 is 1.24. The molecule has 0 fully saturated rings. The highest BCUT2D eigenvalue weighted by Crippen LogP contribution is 2.23. The van der Waals surface area contributed by atoms with E-state index in [4.69, 9.17) is 5.73 Å². The molecule has 0 unspecified atom stereocenters. The van der Waals surface area contributed by atoms with E-state index in [9.17, 15) is 4.79 Å². The molecule has 0 aliphatic rings. The van der Waals surface area contributed by atoms with E-state index in [1.807, 2.05) is 26.0 Å². The van der Waals surface area contributed by atoms with Crippen LogP contribution in [0.25, 0.3) is 5.69 Å². The number of nitrogens with two attached hydrogens (primary N) is 1. The fourth-order valence-electron chi connectivity index (χ4n) is 1.70. The fourth-order valence-corrected chi connectivity index (χ4v) is 2.46. The highest BCUT2D eigenvalue weighted by Gasteiger charge is 2.17. The molecular formula is C12H15N5OS. The first-order valence-electron chi connectivity index (χ1n) is 5.80. The van der Waals surface area contributed by atoms with E-state index >= 15 is 0 Å². The van der Waals surface area contributed by atoms with Crippen molar-refractivity contribution in [2.45, 2.75) is 31.2 Å². The second-order valence-electron chi connectivity index (χ2n) is 4.38. The Bertz CT molecular complexity index is 590. The minimum atomic E-state index is -0.389. The molecule has 0 spiro atoms. The van der Waals surface area contributed by atoms with Gasteiger partial charge in [-0.2, -0.15) is 4.68 Å². The maximum atomic E-state index is 11.1. The van der Waals surface area contributed by atoms with E-state index in [1.165, 1.54) is 11.8 Å². The summed E-state index contributed by atoms with van der Waals surface area (Å²) in [6.45, 7) is 5.76. The highest BCUT2D eigenvalue weighted by atomic mass is 32.2. The normalized spacial score (nSPS) is 12.4. The largest absolute Gasteiger partial charge is 0.369 e. The van der Waals surface area contributed by atoms with Gasteiger partial charge in [-0.1, -0.05) is 17.8 Å². The van der Waals surface area contributed by atoms with Crippen LogP contribution in [0.3, 0.4) is 0 Å². The number of carbonyl (C=O) groups excluding carboxylic acids is 1. The van der Waals surface area contributed by atoms with Crippen molar-refractivity contribution in [2.75, 3.05) is 0 Å². The number of primary amides is 1. The van der Waals surface area contributed by atoms with Gasteiger partial charge in [0.1, 0.15) is 0 Å². The summed E-state index contributed by atoms with van der Waals surface area (Å²) in [5.74, 6) is -0.389. The number of benzene rings is 1. The Hall–Kier alpha value is -1.89. The van der Waals surface area contributed by atoms with Crippen molar-refractivity contribution in [3.8, 4) is 5.69 Å². The van der Waals surface area contributed by atoms with Crippen LogP contribution in [0.2, 0.25) is 0 Å². The lowest BCUT2D eigenvalue weighted by Crippen LogP contribution is -2.23. The first kappa shape index (κ1) is 13.5. The molecule has 1 heterocycles. The number of aryl methyl sites for hydroxylation is 2. The van der Waals surface area contributed by atoms with Crippen LogP contribution in [0.15, 0.2) is 23.4 Å². The third-order valence-corrected chi connectivity index (χ3v) is 3.63. The number of nitrogens with zero attached hydrogens (tertiary/aromatic N) is 4. The number of amides is 1. The molecule has 100 valence electrons. The van der Waals surface area contributed by atoms with Gasteiger partial charge in [0.15, 0.2) is 0 Å². The predicted octanol–water partition coefficient (Wildman–Crippen LogP) is 1.25. The topological polar surface area (TPSA) is 86.7 Å². The van der Waals surface area contributed by atoms with Crippen LogP contribution in [0.4, 0.5) is 0 Å². The number of rotatable bonds is 4. The van der Waals surface area contributed by atoms with Crippen molar-refractivity contribution in [3.05, 3.63) is 29.3 Å². The Morgan fingerprint density at radius 2 is 1.95 bits per heavy atom. The molecule has 6 nitrogen and oxygen atoms in total. The maximum Gasteiger partial charge on any atom is 0.230 e. The van der Waals surface area contributed by atoms with Crippen molar-refractivity contribution in [2.24, 2.45) is 5.73 Å². The molecule has 1 aromatic heterocycles. The molecule has 1 aromatic carbocycles. The zero-order chi connectivity index (χ0) is 14.0.